The number of methoxy groups -OCH3 is 1. The Bertz CT molecular complexity index is 451. The van der Waals surface area contributed by atoms with E-state index in [4.69, 9.17) is 0 Å². The first kappa shape index (κ1) is 13.7. The van der Waals surface area contributed by atoms with Gasteiger partial charge in [-0.15, -0.1) is 13.2 Å². The molecule has 0 aliphatic carbocycles. The van der Waals surface area contributed by atoms with Gasteiger partial charge in [0.15, 0.2) is 3.57 Å². The van der Waals surface area contributed by atoms with Gasteiger partial charge >= 0.3 is 12.0 Å². The lowest BCUT2D eigenvalue weighted by molar-refractivity contribution is -0.389. The van der Waals surface area contributed by atoms with E-state index in [1.165, 1.54) is 29.7 Å². The number of nitrogens with zero attached hydrogens (tertiary/aromatic N) is 2. The van der Waals surface area contributed by atoms with Crippen LogP contribution in [-0.2, 0) is 0 Å². The number of hydrogen-bond donors (Lipinski definition) is 0. The second kappa shape index (κ2) is 4.89. The quantitative estimate of drug-likeness (QED) is 0.468. The molecule has 6 nitrogen and oxygen atoms in total. The van der Waals surface area contributed by atoms with Crippen molar-refractivity contribution in [3.8, 4) is 11.6 Å². The van der Waals surface area contributed by atoms with E-state index in [1.807, 2.05) is 0 Å². The van der Waals surface area contributed by atoms with Crippen molar-refractivity contribution in [1.29, 1.82) is 0 Å². The van der Waals surface area contributed by atoms with Gasteiger partial charge in [-0.3, -0.25) is 10.1 Å². The number of nitro groups is 1. The van der Waals surface area contributed by atoms with Crippen molar-refractivity contribution in [2.75, 3.05) is 7.11 Å². The van der Waals surface area contributed by atoms with Crippen molar-refractivity contribution < 1.29 is 27.6 Å². The second-order valence-corrected chi connectivity index (χ2v) is 3.68. The van der Waals surface area contributed by atoms with Crippen LogP contribution in [0.1, 0.15) is 0 Å². The van der Waals surface area contributed by atoms with Gasteiger partial charge < -0.3 is 9.47 Å². The molecule has 0 amide bonds. The normalized spacial score (nSPS) is 11.1. The van der Waals surface area contributed by atoms with Crippen LogP contribution in [0.2, 0.25) is 0 Å². The highest BCUT2D eigenvalue weighted by Gasteiger charge is 2.36. The first-order valence-electron chi connectivity index (χ1n) is 3.89. The van der Waals surface area contributed by atoms with Crippen LogP contribution in [0, 0.1) is 13.7 Å². The number of halogens is 4. The molecule has 94 valence electrons. The van der Waals surface area contributed by atoms with Crippen LogP contribution in [0.5, 0.6) is 11.6 Å². The van der Waals surface area contributed by atoms with Crippen molar-refractivity contribution >= 4 is 28.3 Å². The van der Waals surface area contributed by atoms with Crippen LogP contribution in [0.3, 0.4) is 0 Å². The Morgan fingerprint density at radius 2 is 2.12 bits per heavy atom. The van der Waals surface area contributed by atoms with Gasteiger partial charge in [0.05, 0.1) is 18.2 Å². The fourth-order valence-electron chi connectivity index (χ4n) is 0.956. The van der Waals surface area contributed by atoms with Gasteiger partial charge in [0.1, 0.15) is 0 Å². The van der Waals surface area contributed by atoms with Crippen molar-refractivity contribution in [3.05, 3.63) is 19.9 Å². The Labute approximate surface area is 106 Å². The summed E-state index contributed by atoms with van der Waals surface area (Å²) in [6.45, 7) is 0. The molecular weight excluding hydrogens is 360 g/mol. The van der Waals surface area contributed by atoms with E-state index in [1.54, 1.807) is 0 Å². The maximum atomic E-state index is 12.0. The van der Waals surface area contributed by atoms with Crippen molar-refractivity contribution in [2.45, 2.75) is 6.36 Å². The third kappa shape index (κ3) is 3.31. The minimum absolute atomic E-state index is 0.146. The summed E-state index contributed by atoms with van der Waals surface area (Å²) in [6, 6.07) is 0. The van der Waals surface area contributed by atoms with E-state index in [0.717, 1.165) is 0 Å². The predicted octanol–water partition coefficient (Wildman–Crippen LogP) is 2.50. The molecule has 1 aromatic heterocycles. The molecule has 10 heteroatoms. The van der Waals surface area contributed by atoms with Gasteiger partial charge in [0, 0.05) is 0 Å². The molecule has 0 unspecified atom stereocenters. The van der Waals surface area contributed by atoms with Crippen molar-refractivity contribution in [1.82, 2.24) is 4.98 Å². The summed E-state index contributed by atoms with van der Waals surface area (Å²) in [5.41, 5.74) is -0.838. The van der Waals surface area contributed by atoms with Crippen LogP contribution < -0.4 is 9.47 Å². The zero-order chi connectivity index (χ0) is 13.2. The molecule has 0 N–H and O–H groups in total. The maximum absolute atomic E-state index is 12.0. The first-order chi connectivity index (χ1) is 7.76. The molecule has 0 saturated carbocycles. The molecule has 1 rings (SSSR count). The van der Waals surface area contributed by atoms with E-state index in [-0.39, 0.29) is 9.45 Å². The van der Waals surface area contributed by atoms with Crippen LogP contribution >= 0.6 is 22.6 Å². The molecule has 0 saturated heterocycles. The number of pyridine rings is 1. The van der Waals surface area contributed by atoms with Crippen molar-refractivity contribution in [3.63, 3.8) is 0 Å². The zero-order valence-electron chi connectivity index (χ0n) is 8.12. The third-order valence-electron chi connectivity index (χ3n) is 1.53. The summed E-state index contributed by atoms with van der Waals surface area (Å²) in [6.07, 6.45) is -4.43. The molecule has 0 atom stereocenters. The molecule has 0 aromatic carbocycles. The van der Waals surface area contributed by atoms with Gasteiger partial charge in [0.2, 0.25) is 11.6 Å². The number of alkyl halides is 3. The molecule has 17 heavy (non-hydrogen) atoms. The lowest BCUT2D eigenvalue weighted by Crippen LogP contribution is -2.18. The standard InChI is InChI=1S/C7H4F3IN2O4/c1-16-6-4(11)5(13(14)15)3(2-12-6)17-7(8,9)10/h2H,1H3. The summed E-state index contributed by atoms with van der Waals surface area (Å²) in [5, 5.41) is 10.7. The Morgan fingerprint density at radius 1 is 1.53 bits per heavy atom. The molecule has 0 aliphatic rings. The number of rotatable bonds is 3. The summed E-state index contributed by atoms with van der Waals surface area (Å²) in [5.74, 6) is -1.13. The second-order valence-electron chi connectivity index (χ2n) is 2.60. The molecule has 0 fully saturated rings. The maximum Gasteiger partial charge on any atom is 0.573 e. The first-order valence-corrected chi connectivity index (χ1v) is 4.96. The average molecular weight is 364 g/mol. The summed E-state index contributed by atoms with van der Waals surface area (Å²) in [7, 11) is 1.19. The van der Waals surface area contributed by atoms with E-state index >= 15 is 0 Å². The van der Waals surface area contributed by atoms with Gasteiger partial charge in [-0.05, 0) is 22.6 Å². The minimum Gasteiger partial charge on any atom is -0.480 e. The van der Waals surface area contributed by atoms with Crippen LogP contribution in [0.15, 0.2) is 6.20 Å². The van der Waals surface area contributed by atoms with Crippen molar-refractivity contribution in [2.24, 2.45) is 0 Å². The SMILES string of the molecule is COc1ncc(OC(F)(F)F)c([N+](=O)[O-])c1I. The van der Waals surface area contributed by atoms with Gasteiger partial charge in [-0.2, -0.15) is 0 Å². The van der Waals surface area contributed by atoms with Crippen LogP contribution in [-0.4, -0.2) is 23.4 Å². The van der Waals surface area contributed by atoms with Crippen LogP contribution in [0.25, 0.3) is 0 Å². The minimum atomic E-state index is -5.02. The molecular formula is C7H4F3IN2O4. The lowest BCUT2D eigenvalue weighted by atomic mass is 10.4. The Kier molecular flexibility index (Phi) is 3.95. The van der Waals surface area contributed by atoms with E-state index in [0.29, 0.717) is 6.20 Å². The number of ether oxygens (including phenoxy) is 2. The topological polar surface area (TPSA) is 74.5 Å². The molecule has 0 spiro atoms. The highest BCUT2D eigenvalue weighted by atomic mass is 127. The zero-order valence-corrected chi connectivity index (χ0v) is 10.3. The highest BCUT2D eigenvalue weighted by molar-refractivity contribution is 14.1. The summed E-state index contributed by atoms with van der Waals surface area (Å²) < 4.78 is 44.0. The van der Waals surface area contributed by atoms with E-state index in [9.17, 15) is 23.3 Å². The summed E-state index contributed by atoms with van der Waals surface area (Å²) >= 11 is 1.46. The van der Waals surface area contributed by atoms with Gasteiger partial charge in [-0.1, -0.05) is 0 Å². The van der Waals surface area contributed by atoms with Gasteiger partial charge in [0.25, 0.3) is 0 Å². The highest BCUT2D eigenvalue weighted by Crippen LogP contribution is 2.38. The third-order valence-corrected chi connectivity index (χ3v) is 2.50. The van der Waals surface area contributed by atoms with E-state index in [2.05, 4.69) is 14.5 Å². The Morgan fingerprint density at radius 3 is 2.53 bits per heavy atom. The molecule has 1 heterocycles. The smallest absolute Gasteiger partial charge is 0.480 e. The monoisotopic (exact) mass is 364 g/mol. The lowest BCUT2D eigenvalue weighted by Gasteiger charge is -2.10. The largest absolute Gasteiger partial charge is 0.573 e. The van der Waals surface area contributed by atoms with Gasteiger partial charge in [-0.25, -0.2) is 4.98 Å². The fourth-order valence-corrected chi connectivity index (χ4v) is 1.78. The number of aromatic nitrogens is 1. The Hall–Kier alpha value is -1.33. The molecule has 0 radical (unpaired) electrons. The molecule has 0 bridgehead atoms. The number of hydrogen-bond acceptors (Lipinski definition) is 5. The van der Waals surface area contributed by atoms with Crippen LogP contribution in [0.4, 0.5) is 18.9 Å². The predicted molar refractivity (Wildman–Crippen MR) is 56.8 cm³/mol. The molecule has 1 aromatic rings. The molecule has 0 aliphatic heterocycles. The summed E-state index contributed by atoms with van der Waals surface area (Å²) in [4.78, 5) is 13.1. The average Bonchev–Trinajstić information content (AvgIpc) is 2.14. The Balaban J connectivity index is 3.32. The van der Waals surface area contributed by atoms with E-state index < -0.39 is 22.7 Å². The fraction of sp³-hybridized carbons (Fsp3) is 0.286.